The fourth-order valence-corrected chi connectivity index (χ4v) is 2.52. The number of carboxylic acid groups (broad SMARTS) is 3. The quantitative estimate of drug-likeness (QED) is 0.618. The smallest absolute Gasteiger partial charge is 0.338 e. The van der Waals surface area contributed by atoms with Crippen LogP contribution in [0.5, 0.6) is 0 Å². The predicted octanol–water partition coefficient (Wildman–Crippen LogP) is 2.30. The topological polar surface area (TPSA) is 151 Å². The van der Waals surface area contributed by atoms with Gasteiger partial charge in [0.25, 0.3) is 0 Å². The van der Waals surface area contributed by atoms with Gasteiger partial charge in [0.2, 0.25) is 0 Å². The van der Waals surface area contributed by atoms with E-state index in [9.17, 15) is 24.6 Å². The molecule has 0 saturated carbocycles. The van der Waals surface area contributed by atoms with E-state index in [1.54, 1.807) is 36.5 Å². The van der Waals surface area contributed by atoms with E-state index in [2.05, 4.69) is 15.0 Å². The maximum absolute atomic E-state index is 11.7. The Morgan fingerprint density at radius 3 is 1.96 bits per heavy atom. The molecule has 0 aliphatic rings. The van der Waals surface area contributed by atoms with Gasteiger partial charge in [0.1, 0.15) is 11.3 Å². The molecule has 3 heterocycles. The fourth-order valence-electron chi connectivity index (χ4n) is 2.52. The predicted molar refractivity (Wildman–Crippen MR) is 91.6 cm³/mol. The first kappa shape index (κ1) is 17.7. The molecule has 0 amide bonds. The highest BCUT2D eigenvalue weighted by atomic mass is 16.4. The SMILES string of the molecule is O=C(O)c1cnc(-c2cccc(-c3ccccn3)n2)c(C(=O)O)c1C(=O)O. The number of aromatic carboxylic acids is 3. The zero-order valence-corrected chi connectivity index (χ0v) is 13.5. The molecular formula is C18H11N3O6. The van der Waals surface area contributed by atoms with Crippen molar-refractivity contribution >= 4 is 17.9 Å². The third-order valence-corrected chi connectivity index (χ3v) is 3.66. The van der Waals surface area contributed by atoms with Crippen LogP contribution >= 0.6 is 0 Å². The van der Waals surface area contributed by atoms with E-state index < -0.39 is 34.6 Å². The lowest BCUT2D eigenvalue weighted by Crippen LogP contribution is -2.17. The zero-order chi connectivity index (χ0) is 19.6. The van der Waals surface area contributed by atoms with Crippen LogP contribution in [-0.4, -0.2) is 48.2 Å². The molecule has 3 N–H and O–H groups in total. The normalized spacial score (nSPS) is 10.4. The summed E-state index contributed by atoms with van der Waals surface area (Å²) in [6.07, 6.45) is 2.37. The summed E-state index contributed by atoms with van der Waals surface area (Å²) in [6, 6.07) is 9.87. The Morgan fingerprint density at radius 1 is 0.704 bits per heavy atom. The number of pyridine rings is 3. The van der Waals surface area contributed by atoms with Gasteiger partial charge in [0, 0.05) is 12.4 Å². The van der Waals surface area contributed by atoms with E-state index in [0.29, 0.717) is 11.4 Å². The molecule has 0 aromatic carbocycles. The monoisotopic (exact) mass is 365 g/mol. The van der Waals surface area contributed by atoms with Crippen molar-refractivity contribution in [2.24, 2.45) is 0 Å². The maximum Gasteiger partial charge on any atom is 0.338 e. The van der Waals surface area contributed by atoms with Gasteiger partial charge >= 0.3 is 17.9 Å². The highest BCUT2D eigenvalue weighted by molar-refractivity contribution is 6.11. The standard InChI is InChI=1S/C18H11N3O6/c22-16(23)9-8-20-15(14(18(26)27)13(9)17(24)25)12-6-3-5-11(21-12)10-4-1-2-7-19-10/h1-8H,(H,22,23)(H,24,25)(H,26,27). The summed E-state index contributed by atoms with van der Waals surface area (Å²) < 4.78 is 0. The molecule has 0 radical (unpaired) electrons. The van der Waals surface area contributed by atoms with Crippen LogP contribution in [0.25, 0.3) is 22.8 Å². The van der Waals surface area contributed by atoms with Crippen LogP contribution in [0.2, 0.25) is 0 Å². The lowest BCUT2D eigenvalue weighted by molar-refractivity contribution is 0.0633. The zero-order valence-electron chi connectivity index (χ0n) is 13.5. The number of rotatable bonds is 5. The fraction of sp³-hybridized carbons (Fsp3) is 0. The van der Waals surface area contributed by atoms with E-state index >= 15 is 0 Å². The van der Waals surface area contributed by atoms with E-state index in [-0.39, 0.29) is 11.4 Å². The summed E-state index contributed by atoms with van der Waals surface area (Å²) in [7, 11) is 0. The maximum atomic E-state index is 11.7. The van der Waals surface area contributed by atoms with Crippen molar-refractivity contribution < 1.29 is 29.7 Å². The van der Waals surface area contributed by atoms with Gasteiger partial charge in [-0.25, -0.2) is 19.4 Å². The molecule has 0 aliphatic carbocycles. The van der Waals surface area contributed by atoms with Crippen molar-refractivity contribution in [2.45, 2.75) is 0 Å². The number of carboxylic acids is 3. The second kappa shape index (κ2) is 7.00. The third kappa shape index (κ3) is 3.33. The van der Waals surface area contributed by atoms with Crippen molar-refractivity contribution in [1.82, 2.24) is 15.0 Å². The Morgan fingerprint density at radius 2 is 1.37 bits per heavy atom. The Balaban J connectivity index is 2.27. The van der Waals surface area contributed by atoms with Gasteiger partial charge in [-0.1, -0.05) is 12.1 Å². The average molecular weight is 365 g/mol. The van der Waals surface area contributed by atoms with Crippen molar-refractivity contribution in [2.75, 3.05) is 0 Å². The molecular weight excluding hydrogens is 354 g/mol. The number of hydrogen-bond acceptors (Lipinski definition) is 6. The van der Waals surface area contributed by atoms with Gasteiger partial charge in [-0.15, -0.1) is 0 Å². The van der Waals surface area contributed by atoms with Crippen LogP contribution in [0, 0.1) is 0 Å². The number of nitrogens with zero attached hydrogens (tertiary/aromatic N) is 3. The van der Waals surface area contributed by atoms with Gasteiger partial charge in [-0.2, -0.15) is 0 Å². The number of carbonyl (C=O) groups is 3. The van der Waals surface area contributed by atoms with E-state index in [0.717, 1.165) is 6.20 Å². The summed E-state index contributed by atoms with van der Waals surface area (Å²) in [5.74, 6) is -4.90. The van der Waals surface area contributed by atoms with Crippen LogP contribution in [0.15, 0.2) is 48.8 Å². The molecule has 134 valence electrons. The molecule has 0 spiro atoms. The third-order valence-electron chi connectivity index (χ3n) is 3.66. The first-order valence-corrected chi connectivity index (χ1v) is 7.52. The highest BCUT2D eigenvalue weighted by Gasteiger charge is 2.29. The summed E-state index contributed by atoms with van der Waals surface area (Å²) >= 11 is 0. The van der Waals surface area contributed by atoms with Gasteiger partial charge in [-0.3, -0.25) is 9.97 Å². The van der Waals surface area contributed by atoms with Crippen LogP contribution < -0.4 is 0 Å². The summed E-state index contributed by atoms with van der Waals surface area (Å²) in [5, 5.41) is 28.0. The van der Waals surface area contributed by atoms with Crippen molar-refractivity contribution in [3.05, 3.63) is 65.5 Å². The molecule has 0 atom stereocenters. The average Bonchev–Trinajstić information content (AvgIpc) is 2.67. The molecule has 3 aromatic rings. The van der Waals surface area contributed by atoms with Crippen LogP contribution in [0.3, 0.4) is 0 Å². The molecule has 0 bridgehead atoms. The lowest BCUT2D eigenvalue weighted by atomic mass is 9.99. The Kier molecular flexibility index (Phi) is 4.58. The van der Waals surface area contributed by atoms with Crippen molar-refractivity contribution in [1.29, 1.82) is 0 Å². The van der Waals surface area contributed by atoms with E-state index in [1.807, 2.05) is 0 Å². The molecule has 0 saturated heterocycles. The van der Waals surface area contributed by atoms with E-state index in [4.69, 9.17) is 5.11 Å². The Labute approximate surface area is 151 Å². The molecule has 3 aromatic heterocycles. The molecule has 0 aliphatic heterocycles. The molecule has 0 unspecified atom stereocenters. The second-order valence-corrected chi connectivity index (χ2v) is 5.31. The first-order valence-electron chi connectivity index (χ1n) is 7.52. The minimum atomic E-state index is -1.69. The van der Waals surface area contributed by atoms with Crippen LogP contribution in [0.4, 0.5) is 0 Å². The lowest BCUT2D eigenvalue weighted by Gasteiger charge is -2.11. The van der Waals surface area contributed by atoms with Crippen molar-refractivity contribution in [3.8, 4) is 22.8 Å². The molecule has 0 fully saturated rings. The van der Waals surface area contributed by atoms with Gasteiger partial charge in [-0.05, 0) is 24.3 Å². The summed E-state index contributed by atoms with van der Waals surface area (Å²) in [6.45, 7) is 0. The number of hydrogen-bond donors (Lipinski definition) is 3. The van der Waals surface area contributed by atoms with Crippen LogP contribution in [-0.2, 0) is 0 Å². The molecule has 9 nitrogen and oxygen atoms in total. The van der Waals surface area contributed by atoms with Crippen LogP contribution in [0.1, 0.15) is 31.1 Å². The van der Waals surface area contributed by atoms with Gasteiger partial charge < -0.3 is 15.3 Å². The second-order valence-electron chi connectivity index (χ2n) is 5.31. The molecule has 3 rings (SSSR count). The number of aromatic nitrogens is 3. The Bertz CT molecular complexity index is 1070. The van der Waals surface area contributed by atoms with E-state index in [1.165, 1.54) is 6.07 Å². The minimum Gasteiger partial charge on any atom is -0.478 e. The van der Waals surface area contributed by atoms with Crippen molar-refractivity contribution in [3.63, 3.8) is 0 Å². The summed E-state index contributed by atoms with van der Waals surface area (Å²) in [4.78, 5) is 46.8. The molecule has 9 heteroatoms. The first-order chi connectivity index (χ1) is 12.9. The minimum absolute atomic E-state index is 0.0787. The highest BCUT2D eigenvalue weighted by Crippen LogP contribution is 2.27. The summed E-state index contributed by atoms with van der Waals surface area (Å²) in [5.41, 5.74) is -1.54. The van der Waals surface area contributed by atoms with Gasteiger partial charge in [0.15, 0.2) is 0 Å². The van der Waals surface area contributed by atoms with Gasteiger partial charge in [0.05, 0.1) is 28.2 Å². The molecule has 27 heavy (non-hydrogen) atoms. The Hall–Kier alpha value is -4.14. The largest absolute Gasteiger partial charge is 0.478 e.